The van der Waals surface area contributed by atoms with Gasteiger partial charge in [0, 0.05) is 0 Å². The van der Waals surface area contributed by atoms with Gasteiger partial charge in [-0.2, -0.15) is 0 Å². The zero-order valence-corrected chi connectivity index (χ0v) is 8.96. The van der Waals surface area contributed by atoms with E-state index in [4.69, 9.17) is 0 Å². The predicted octanol–water partition coefficient (Wildman–Crippen LogP) is 2.31. The minimum absolute atomic E-state index is 0.786. The van der Waals surface area contributed by atoms with E-state index in [-0.39, 0.29) is 0 Å². The SMILES string of the molecule is CC.CNCc1nc2ccccc2[nH]1. The number of rotatable bonds is 2. The molecule has 76 valence electrons. The highest BCUT2D eigenvalue weighted by Crippen LogP contribution is 2.09. The van der Waals surface area contributed by atoms with Crippen LogP contribution < -0.4 is 5.32 Å². The largest absolute Gasteiger partial charge is 0.341 e. The third-order valence-electron chi connectivity index (χ3n) is 1.78. The van der Waals surface area contributed by atoms with Crippen molar-refractivity contribution in [2.45, 2.75) is 20.4 Å². The summed E-state index contributed by atoms with van der Waals surface area (Å²) in [5, 5.41) is 3.05. The van der Waals surface area contributed by atoms with Crippen LogP contribution >= 0.6 is 0 Å². The highest BCUT2D eigenvalue weighted by molar-refractivity contribution is 5.74. The lowest BCUT2D eigenvalue weighted by Crippen LogP contribution is -2.06. The van der Waals surface area contributed by atoms with Gasteiger partial charge in [-0.1, -0.05) is 26.0 Å². The average molecular weight is 191 g/mol. The number of nitrogens with one attached hydrogen (secondary N) is 2. The van der Waals surface area contributed by atoms with Crippen molar-refractivity contribution in [1.29, 1.82) is 0 Å². The molecule has 0 aliphatic rings. The highest BCUT2D eigenvalue weighted by atomic mass is 15.0. The first kappa shape index (κ1) is 10.7. The summed E-state index contributed by atoms with van der Waals surface area (Å²) in [7, 11) is 1.91. The van der Waals surface area contributed by atoms with E-state index in [1.165, 1.54) is 0 Å². The van der Waals surface area contributed by atoms with Crippen LogP contribution in [0.2, 0.25) is 0 Å². The molecule has 0 aliphatic carbocycles. The third kappa shape index (κ3) is 2.33. The van der Waals surface area contributed by atoms with Gasteiger partial charge in [0.05, 0.1) is 17.6 Å². The molecular formula is C11H17N3. The summed E-state index contributed by atoms with van der Waals surface area (Å²) < 4.78 is 0. The fourth-order valence-electron chi connectivity index (χ4n) is 1.26. The molecule has 1 aromatic heterocycles. The van der Waals surface area contributed by atoms with E-state index in [0.717, 1.165) is 23.4 Å². The number of hydrogen-bond acceptors (Lipinski definition) is 2. The number of aromatic nitrogens is 2. The summed E-state index contributed by atoms with van der Waals surface area (Å²) in [5.74, 6) is 0.985. The smallest absolute Gasteiger partial charge is 0.121 e. The number of benzene rings is 1. The maximum Gasteiger partial charge on any atom is 0.121 e. The van der Waals surface area contributed by atoms with Crippen molar-refractivity contribution in [1.82, 2.24) is 15.3 Å². The van der Waals surface area contributed by atoms with Crippen LogP contribution in [0.5, 0.6) is 0 Å². The monoisotopic (exact) mass is 191 g/mol. The normalized spacial score (nSPS) is 9.64. The molecule has 0 atom stereocenters. The van der Waals surface area contributed by atoms with Gasteiger partial charge in [0.15, 0.2) is 0 Å². The van der Waals surface area contributed by atoms with Crippen LogP contribution in [0.1, 0.15) is 19.7 Å². The lowest BCUT2D eigenvalue weighted by molar-refractivity contribution is 0.775. The van der Waals surface area contributed by atoms with Crippen molar-refractivity contribution in [3.05, 3.63) is 30.1 Å². The predicted molar refractivity (Wildman–Crippen MR) is 60.2 cm³/mol. The molecule has 2 aromatic rings. The van der Waals surface area contributed by atoms with Crippen LogP contribution in [0.15, 0.2) is 24.3 Å². The van der Waals surface area contributed by atoms with Crippen molar-refractivity contribution in [2.75, 3.05) is 7.05 Å². The molecule has 1 aromatic carbocycles. The van der Waals surface area contributed by atoms with Crippen LogP contribution in [-0.4, -0.2) is 17.0 Å². The number of aromatic amines is 1. The van der Waals surface area contributed by atoms with E-state index in [9.17, 15) is 0 Å². The molecule has 0 bridgehead atoms. The maximum atomic E-state index is 4.38. The summed E-state index contributed by atoms with van der Waals surface area (Å²) in [6.07, 6.45) is 0. The van der Waals surface area contributed by atoms with Gasteiger partial charge in [-0.05, 0) is 19.2 Å². The van der Waals surface area contributed by atoms with Gasteiger partial charge in [0.2, 0.25) is 0 Å². The Morgan fingerprint density at radius 1 is 1.29 bits per heavy atom. The summed E-state index contributed by atoms with van der Waals surface area (Å²) in [5.41, 5.74) is 2.13. The lowest BCUT2D eigenvalue weighted by atomic mass is 10.3. The number of hydrogen-bond donors (Lipinski definition) is 2. The molecule has 3 nitrogen and oxygen atoms in total. The first-order valence-electron chi connectivity index (χ1n) is 4.98. The van der Waals surface area contributed by atoms with E-state index in [1.807, 2.05) is 45.2 Å². The Labute approximate surface area is 84.6 Å². The quantitative estimate of drug-likeness (QED) is 0.764. The van der Waals surface area contributed by atoms with Gasteiger partial charge in [-0.15, -0.1) is 0 Å². The lowest BCUT2D eigenvalue weighted by Gasteiger charge is -1.89. The molecule has 0 spiro atoms. The molecule has 3 heteroatoms. The Balaban J connectivity index is 0.000000461. The van der Waals surface area contributed by atoms with Gasteiger partial charge < -0.3 is 10.3 Å². The molecule has 0 fully saturated rings. The maximum absolute atomic E-state index is 4.38. The van der Waals surface area contributed by atoms with Crippen LogP contribution in [-0.2, 0) is 6.54 Å². The summed E-state index contributed by atoms with van der Waals surface area (Å²) in [4.78, 5) is 7.61. The number of fused-ring (bicyclic) bond motifs is 1. The fraction of sp³-hybridized carbons (Fsp3) is 0.364. The zero-order valence-electron chi connectivity index (χ0n) is 8.96. The number of imidazole rings is 1. The van der Waals surface area contributed by atoms with Gasteiger partial charge >= 0.3 is 0 Å². The van der Waals surface area contributed by atoms with Crippen molar-refractivity contribution in [3.63, 3.8) is 0 Å². The molecule has 0 unspecified atom stereocenters. The van der Waals surface area contributed by atoms with Crippen LogP contribution in [0.4, 0.5) is 0 Å². The van der Waals surface area contributed by atoms with E-state index in [2.05, 4.69) is 15.3 Å². The standard InChI is InChI=1S/C9H11N3.C2H6/c1-10-6-9-11-7-4-2-3-5-8(7)12-9;1-2/h2-5,10H,6H2,1H3,(H,11,12);1-2H3. The average Bonchev–Trinajstić information content (AvgIpc) is 2.63. The van der Waals surface area contributed by atoms with E-state index in [1.54, 1.807) is 0 Å². The first-order chi connectivity index (χ1) is 6.90. The molecule has 0 aliphatic heterocycles. The van der Waals surface area contributed by atoms with Crippen molar-refractivity contribution < 1.29 is 0 Å². The van der Waals surface area contributed by atoms with Gasteiger partial charge in [-0.3, -0.25) is 0 Å². The molecule has 14 heavy (non-hydrogen) atoms. The Hall–Kier alpha value is -1.35. The molecule has 0 saturated heterocycles. The fourth-order valence-corrected chi connectivity index (χ4v) is 1.26. The number of para-hydroxylation sites is 2. The molecule has 0 amide bonds. The minimum atomic E-state index is 0.786. The van der Waals surface area contributed by atoms with E-state index >= 15 is 0 Å². The van der Waals surface area contributed by atoms with Crippen LogP contribution in [0.25, 0.3) is 11.0 Å². The van der Waals surface area contributed by atoms with Crippen LogP contribution in [0.3, 0.4) is 0 Å². The summed E-state index contributed by atoms with van der Waals surface area (Å²) in [6, 6.07) is 8.03. The molecule has 2 rings (SSSR count). The second-order valence-corrected chi connectivity index (χ2v) is 2.73. The third-order valence-corrected chi connectivity index (χ3v) is 1.78. The Bertz CT molecular complexity index is 346. The first-order valence-corrected chi connectivity index (χ1v) is 4.98. The van der Waals surface area contributed by atoms with Crippen molar-refractivity contribution in [2.24, 2.45) is 0 Å². The molecule has 2 N–H and O–H groups in total. The van der Waals surface area contributed by atoms with Gasteiger partial charge in [0.25, 0.3) is 0 Å². The molecule has 0 radical (unpaired) electrons. The Morgan fingerprint density at radius 2 is 2.00 bits per heavy atom. The Morgan fingerprint density at radius 3 is 2.64 bits per heavy atom. The second kappa shape index (κ2) is 5.40. The second-order valence-electron chi connectivity index (χ2n) is 2.73. The highest BCUT2D eigenvalue weighted by Gasteiger charge is 1.98. The topological polar surface area (TPSA) is 40.7 Å². The van der Waals surface area contributed by atoms with Crippen LogP contribution in [0, 0.1) is 0 Å². The van der Waals surface area contributed by atoms with E-state index in [0.29, 0.717) is 0 Å². The van der Waals surface area contributed by atoms with Gasteiger partial charge in [-0.25, -0.2) is 4.98 Å². The zero-order chi connectivity index (χ0) is 10.4. The molecule has 1 heterocycles. The van der Waals surface area contributed by atoms with Gasteiger partial charge in [0.1, 0.15) is 5.82 Å². The number of nitrogens with zero attached hydrogens (tertiary/aromatic N) is 1. The summed E-state index contributed by atoms with van der Waals surface area (Å²) in [6.45, 7) is 4.79. The van der Waals surface area contributed by atoms with Crippen molar-refractivity contribution in [3.8, 4) is 0 Å². The minimum Gasteiger partial charge on any atom is -0.341 e. The van der Waals surface area contributed by atoms with E-state index < -0.39 is 0 Å². The molecular weight excluding hydrogens is 174 g/mol. The number of H-pyrrole nitrogens is 1. The molecule has 0 saturated carbocycles. The van der Waals surface area contributed by atoms with Crippen molar-refractivity contribution >= 4 is 11.0 Å². The summed E-state index contributed by atoms with van der Waals surface area (Å²) >= 11 is 0. The Kier molecular flexibility index (Phi) is 4.13.